The molecule has 0 fully saturated rings. The van der Waals surface area contributed by atoms with Gasteiger partial charge in [0.15, 0.2) is 0 Å². The number of aromatic nitrogens is 1. The van der Waals surface area contributed by atoms with Crippen molar-refractivity contribution < 1.29 is 18.5 Å². The van der Waals surface area contributed by atoms with Crippen molar-refractivity contribution >= 4 is 23.4 Å². The Labute approximate surface area is 165 Å². The number of amides is 2. The molecule has 0 aliphatic heterocycles. The normalized spacial score (nSPS) is 10.7. The number of nitrogens with zero attached hydrogens (tertiary/aromatic N) is 2. The van der Waals surface area contributed by atoms with Crippen LogP contribution in [0.15, 0.2) is 47.0 Å². The van der Waals surface area contributed by atoms with E-state index in [4.69, 9.17) is 21.9 Å². The van der Waals surface area contributed by atoms with Gasteiger partial charge in [-0.05, 0) is 36.8 Å². The van der Waals surface area contributed by atoms with Gasteiger partial charge in [0.1, 0.15) is 22.8 Å². The molecule has 28 heavy (non-hydrogen) atoms. The van der Waals surface area contributed by atoms with Gasteiger partial charge in [0, 0.05) is 19.2 Å². The molecule has 6 nitrogen and oxygen atoms in total. The summed E-state index contributed by atoms with van der Waals surface area (Å²) in [7, 11) is 1.58. The van der Waals surface area contributed by atoms with E-state index >= 15 is 0 Å². The first-order chi connectivity index (χ1) is 13.3. The van der Waals surface area contributed by atoms with E-state index in [-0.39, 0.29) is 34.1 Å². The highest BCUT2D eigenvalue weighted by molar-refractivity contribution is 6.33. The molecule has 0 aliphatic rings. The van der Waals surface area contributed by atoms with Crippen LogP contribution in [0.25, 0.3) is 11.3 Å². The summed E-state index contributed by atoms with van der Waals surface area (Å²) in [4.78, 5) is 25.8. The number of hydrogen-bond donors (Lipinski definition) is 1. The smallest absolute Gasteiger partial charge is 0.259 e. The van der Waals surface area contributed by atoms with Gasteiger partial charge in [-0.3, -0.25) is 9.59 Å². The molecule has 0 unspecified atom stereocenters. The van der Waals surface area contributed by atoms with Gasteiger partial charge in [-0.15, -0.1) is 0 Å². The summed E-state index contributed by atoms with van der Waals surface area (Å²) < 4.78 is 19.5. The fourth-order valence-electron chi connectivity index (χ4n) is 2.88. The fourth-order valence-corrected chi connectivity index (χ4v) is 3.13. The molecule has 144 valence electrons. The van der Waals surface area contributed by atoms with Gasteiger partial charge in [0.2, 0.25) is 5.91 Å². The van der Waals surface area contributed by atoms with Crippen LogP contribution in [-0.2, 0) is 6.54 Å². The summed E-state index contributed by atoms with van der Waals surface area (Å²) in [6.45, 7) is 1.77. The zero-order valence-electron chi connectivity index (χ0n) is 15.2. The third-order valence-corrected chi connectivity index (χ3v) is 4.57. The number of aryl methyl sites for hydroxylation is 1. The van der Waals surface area contributed by atoms with Gasteiger partial charge in [-0.2, -0.15) is 0 Å². The van der Waals surface area contributed by atoms with Crippen LogP contribution in [0.1, 0.15) is 32.0 Å². The second-order valence-electron chi connectivity index (χ2n) is 6.28. The number of rotatable bonds is 5. The maximum Gasteiger partial charge on any atom is 0.259 e. The van der Waals surface area contributed by atoms with Crippen LogP contribution >= 0.6 is 11.6 Å². The molecule has 1 aromatic heterocycles. The predicted octanol–water partition coefficient (Wildman–Crippen LogP) is 3.81. The SMILES string of the molecule is Cc1onc(-c2c(F)cccc2Cl)c1C(=O)N(C)Cc1cccc(C(N)=O)c1. The summed E-state index contributed by atoms with van der Waals surface area (Å²) in [5.74, 6) is -1.33. The summed E-state index contributed by atoms with van der Waals surface area (Å²) in [6.07, 6.45) is 0. The first kappa shape index (κ1) is 19.6. The maximum atomic E-state index is 14.3. The highest BCUT2D eigenvalue weighted by Crippen LogP contribution is 2.34. The maximum absolute atomic E-state index is 14.3. The largest absolute Gasteiger partial charge is 0.366 e. The Morgan fingerprint density at radius 3 is 2.64 bits per heavy atom. The molecule has 0 bridgehead atoms. The average Bonchev–Trinajstić information content (AvgIpc) is 3.02. The zero-order valence-corrected chi connectivity index (χ0v) is 16.0. The highest BCUT2D eigenvalue weighted by atomic mass is 35.5. The van der Waals surface area contributed by atoms with Crippen molar-refractivity contribution in [2.24, 2.45) is 5.73 Å². The summed E-state index contributed by atoms with van der Waals surface area (Å²) in [5.41, 5.74) is 6.53. The topological polar surface area (TPSA) is 89.4 Å². The van der Waals surface area contributed by atoms with Crippen molar-refractivity contribution in [1.29, 1.82) is 0 Å². The Hall–Kier alpha value is -3.19. The molecule has 0 saturated carbocycles. The highest BCUT2D eigenvalue weighted by Gasteiger charge is 2.27. The first-order valence-electron chi connectivity index (χ1n) is 8.34. The van der Waals surface area contributed by atoms with Crippen molar-refractivity contribution in [3.05, 3.63) is 75.8 Å². The van der Waals surface area contributed by atoms with Crippen LogP contribution in [0.2, 0.25) is 5.02 Å². The van der Waals surface area contributed by atoms with Gasteiger partial charge in [0.25, 0.3) is 5.91 Å². The fraction of sp³-hybridized carbons (Fsp3) is 0.150. The Morgan fingerprint density at radius 2 is 1.96 bits per heavy atom. The minimum absolute atomic E-state index is 0.00786. The second-order valence-corrected chi connectivity index (χ2v) is 6.69. The Balaban J connectivity index is 1.94. The van der Waals surface area contributed by atoms with Crippen LogP contribution < -0.4 is 5.73 Å². The van der Waals surface area contributed by atoms with E-state index in [1.165, 1.54) is 23.1 Å². The molecule has 1 heterocycles. The number of primary amides is 1. The van der Waals surface area contributed by atoms with Crippen LogP contribution in [0.3, 0.4) is 0 Å². The van der Waals surface area contributed by atoms with Gasteiger partial charge in [0.05, 0.1) is 10.6 Å². The Morgan fingerprint density at radius 1 is 1.25 bits per heavy atom. The molecule has 2 amide bonds. The molecule has 0 radical (unpaired) electrons. The first-order valence-corrected chi connectivity index (χ1v) is 8.72. The van der Waals surface area contributed by atoms with Crippen molar-refractivity contribution in [3.63, 3.8) is 0 Å². The number of nitrogens with two attached hydrogens (primary N) is 1. The third-order valence-electron chi connectivity index (χ3n) is 4.25. The molecule has 8 heteroatoms. The zero-order chi connectivity index (χ0) is 20.4. The molecule has 3 aromatic rings. The van der Waals surface area contributed by atoms with E-state index in [0.29, 0.717) is 11.1 Å². The summed E-state index contributed by atoms with van der Waals surface area (Å²) in [5, 5.41) is 3.97. The monoisotopic (exact) mass is 401 g/mol. The molecular formula is C20H17ClFN3O3. The number of carbonyl (C=O) groups excluding carboxylic acids is 2. The second kappa shape index (κ2) is 7.82. The molecule has 0 atom stereocenters. The third kappa shape index (κ3) is 3.75. The molecule has 0 saturated heterocycles. The van der Waals surface area contributed by atoms with Crippen LogP contribution in [0.5, 0.6) is 0 Å². The number of carbonyl (C=O) groups is 2. The van der Waals surface area contributed by atoms with E-state index < -0.39 is 17.6 Å². The number of halogens is 2. The van der Waals surface area contributed by atoms with Gasteiger partial charge >= 0.3 is 0 Å². The Bertz CT molecular complexity index is 1040. The standard InChI is InChI=1S/C20H17ClFN3O3/c1-11-16(18(24-28-11)17-14(21)7-4-8-15(17)22)20(27)25(2)10-12-5-3-6-13(9-12)19(23)26/h3-9H,10H2,1-2H3,(H2,23,26). The van der Waals surface area contributed by atoms with Crippen molar-refractivity contribution in [2.45, 2.75) is 13.5 Å². The van der Waals surface area contributed by atoms with Gasteiger partial charge in [-0.25, -0.2) is 4.39 Å². The minimum Gasteiger partial charge on any atom is -0.366 e. The minimum atomic E-state index is -0.605. The van der Waals surface area contributed by atoms with E-state index in [1.807, 2.05) is 0 Å². The van der Waals surface area contributed by atoms with Gasteiger partial charge < -0.3 is 15.2 Å². The molecule has 2 N–H and O–H groups in total. The predicted molar refractivity (Wildman–Crippen MR) is 102 cm³/mol. The lowest BCUT2D eigenvalue weighted by atomic mass is 10.0. The summed E-state index contributed by atoms with van der Waals surface area (Å²) in [6, 6.07) is 10.9. The molecule has 0 spiro atoms. The van der Waals surface area contributed by atoms with E-state index in [2.05, 4.69) is 5.16 Å². The van der Waals surface area contributed by atoms with E-state index in [1.54, 1.807) is 38.2 Å². The number of hydrogen-bond acceptors (Lipinski definition) is 4. The van der Waals surface area contributed by atoms with Crippen molar-refractivity contribution in [2.75, 3.05) is 7.05 Å². The molecular weight excluding hydrogens is 385 g/mol. The lowest BCUT2D eigenvalue weighted by molar-refractivity contribution is 0.0784. The molecule has 2 aromatic carbocycles. The average molecular weight is 402 g/mol. The molecule has 0 aliphatic carbocycles. The summed E-state index contributed by atoms with van der Waals surface area (Å²) >= 11 is 6.12. The van der Waals surface area contributed by atoms with Crippen LogP contribution in [-0.4, -0.2) is 28.9 Å². The lowest BCUT2D eigenvalue weighted by Crippen LogP contribution is -2.27. The molecule has 3 rings (SSSR count). The quantitative estimate of drug-likeness (QED) is 0.703. The van der Waals surface area contributed by atoms with Crippen LogP contribution in [0.4, 0.5) is 4.39 Å². The Kier molecular flexibility index (Phi) is 5.46. The van der Waals surface area contributed by atoms with Crippen LogP contribution in [0, 0.1) is 12.7 Å². The van der Waals surface area contributed by atoms with Gasteiger partial charge in [-0.1, -0.05) is 35.0 Å². The number of benzene rings is 2. The van der Waals surface area contributed by atoms with E-state index in [9.17, 15) is 14.0 Å². The lowest BCUT2D eigenvalue weighted by Gasteiger charge is -2.18. The van der Waals surface area contributed by atoms with Crippen molar-refractivity contribution in [3.8, 4) is 11.3 Å². The van der Waals surface area contributed by atoms with Crippen molar-refractivity contribution in [1.82, 2.24) is 10.1 Å². The van der Waals surface area contributed by atoms with E-state index in [0.717, 1.165) is 0 Å².